The first kappa shape index (κ1) is 34.9. The lowest BCUT2D eigenvalue weighted by molar-refractivity contribution is -0.120. The fraction of sp³-hybridized carbons (Fsp3) is 0.400. The number of aromatic nitrogens is 3. The standard InChI is InChI=1S/C35H37F2N5O7S/c1-33(2,3)48-31(44)41-24-12-10-19(46-7)14-22(24)35(29(41)43)16-23(35)18-9-11-21-25(13-18)42(32(45)49-34(4,5)6)40-27(21)39-28-26(47-8)15-20(17-38-28)50-30(36)37/h9-15,17,23,30H,16H2,1-8H3,(H,38,39,40)/t23-,35-/m0/s1. The Morgan fingerprint density at radius 2 is 1.66 bits per heavy atom. The summed E-state index contributed by atoms with van der Waals surface area (Å²) in [6.07, 6.45) is 0.165. The molecule has 0 unspecified atom stereocenters. The van der Waals surface area contributed by atoms with E-state index < -0.39 is 40.5 Å². The molecule has 0 bridgehead atoms. The summed E-state index contributed by atoms with van der Waals surface area (Å²) in [7, 11) is 2.91. The Morgan fingerprint density at radius 1 is 0.960 bits per heavy atom. The molecule has 1 spiro atoms. The van der Waals surface area contributed by atoms with Gasteiger partial charge >= 0.3 is 12.2 Å². The molecule has 6 rings (SSSR count). The Labute approximate surface area is 291 Å². The van der Waals surface area contributed by atoms with Crippen molar-refractivity contribution in [2.75, 3.05) is 24.4 Å². The first-order valence-electron chi connectivity index (χ1n) is 15.7. The molecular weight excluding hydrogens is 672 g/mol. The molecule has 50 heavy (non-hydrogen) atoms. The third-order valence-corrected chi connectivity index (χ3v) is 8.90. The molecule has 2 amide bonds. The number of halogens is 2. The van der Waals surface area contributed by atoms with Crippen LogP contribution in [-0.4, -0.2) is 64.0 Å². The number of carbonyl (C=O) groups is 3. The summed E-state index contributed by atoms with van der Waals surface area (Å²) in [4.78, 5) is 46.6. The number of hydrogen-bond acceptors (Lipinski definition) is 11. The van der Waals surface area contributed by atoms with Crippen LogP contribution in [0.1, 0.15) is 65.0 Å². The summed E-state index contributed by atoms with van der Waals surface area (Å²) >= 11 is 0.334. The van der Waals surface area contributed by atoms with Crippen LogP contribution < -0.4 is 19.7 Å². The SMILES string of the molecule is COc1ccc2c(c1)[C@]1(C[C@H]1c1ccc3c(Nc4ncc(SC(F)F)cc4OC)nn(C(=O)OC(C)(C)C)c3c1)C(=O)N2C(=O)OC(C)(C)C. The van der Waals surface area contributed by atoms with Gasteiger partial charge in [-0.1, -0.05) is 17.8 Å². The number of anilines is 3. The highest BCUT2D eigenvalue weighted by Crippen LogP contribution is 2.67. The van der Waals surface area contributed by atoms with Crippen molar-refractivity contribution in [2.45, 2.75) is 81.2 Å². The summed E-state index contributed by atoms with van der Waals surface area (Å²) in [5.74, 6) is -2.26. The predicted octanol–water partition coefficient (Wildman–Crippen LogP) is 8.00. The molecule has 1 aliphatic carbocycles. The van der Waals surface area contributed by atoms with E-state index in [1.807, 2.05) is 6.07 Å². The van der Waals surface area contributed by atoms with E-state index in [0.29, 0.717) is 46.1 Å². The van der Waals surface area contributed by atoms with Gasteiger partial charge in [0, 0.05) is 22.4 Å². The fourth-order valence-corrected chi connectivity index (χ4v) is 6.64. The summed E-state index contributed by atoms with van der Waals surface area (Å²) in [5.41, 5.74) is -0.552. The van der Waals surface area contributed by atoms with E-state index in [2.05, 4.69) is 15.4 Å². The summed E-state index contributed by atoms with van der Waals surface area (Å²) < 4.78 is 49.2. The number of fused-ring (bicyclic) bond motifs is 3. The van der Waals surface area contributed by atoms with Crippen LogP contribution in [0.5, 0.6) is 11.5 Å². The van der Waals surface area contributed by atoms with Crippen LogP contribution >= 0.6 is 11.8 Å². The molecule has 2 atom stereocenters. The van der Waals surface area contributed by atoms with Crippen LogP contribution in [0.15, 0.2) is 53.6 Å². The van der Waals surface area contributed by atoms with Crippen LogP contribution in [-0.2, 0) is 19.7 Å². The molecule has 3 heterocycles. The first-order chi connectivity index (χ1) is 23.5. The number of amides is 2. The molecule has 1 fully saturated rings. The maximum absolute atomic E-state index is 14.2. The average molecular weight is 710 g/mol. The second-order valence-electron chi connectivity index (χ2n) is 14.0. The number of alkyl halides is 2. The van der Waals surface area contributed by atoms with E-state index >= 15 is 0 Å². The van der Waals surface area contributed by atoms with Crippen molar-refractivity contribution in [3.8, 4) is 11.5 Å². The fourth-order valence-electron chi connectivity index (χ4n) is 6.15. The summed E-state index contributed by atoms with van der Waals surface area (Å²) in [6, 6.07) is 11.9. The number of pyridine rings is 1. The lowest BCUT2D eigenvalue weighted by Crippen LogP contribution is -2.41. The van der Waals surface area contributed by atoms with Gasteiger partial charge in [-0.15, -0.1) is 5.10 Å². The Balaban J connectivity index is 1.42. The first-order valence-corrected chi connectivity index (χ1v) is 16.6. The Bertz CT molecular complexity index is 2020. The minimum absolute atomic E-state index is 0.190. The van der Waals surface area contributed by atoms with Gasteiger partial charge in [0.2, 0.25) is 5.91 Å². The van der Waals surface area contributed by atoms with Gasteiger partial charge in [-0.25, -0.2) is 19.5 Å². The molecule has 1 N–H and O–H groups in total. The van der Waals surface area contributed by atoms with E-state index in [1.165, 1.54) is 26.5 Å². The third-order valence-electron chi connectivity index (χ3n) is 8.23. The normalized spacial score (nSPS) is 18.4. The molecule has 15 heteroatoms. The number of hydrogen-bond donors (Lipinski definition) is 1. The molecule has 1 aliphatic heterocycles. The highest BCUT2D eigenvalue weighted by Gasteiger charge is 2.68. The average Bonchev–Trinajstić information content (AvgIpc) is 3.61. The van der Waals surface area contributed by atoms with Crippen molar-refractivity contribution in [2.24, 2.45) is 0 Å². The maximum atomic E-state index is 14.2. The van der Waals surface area contributed by atoms with Crippen LogP contribution in [0, 0.1) is 0 Å². The number of thioether (sulfide) groups is 1. The molecule has 0 saturated heterocycles. The van der Waals surface area contributed by atoms with Crippen molar-refractivity contribution in [1.82, 2.24) is 14.8 Å². The molecule has 4 aromatic rings. The zero-order valence-corrected chi connectivity index (χ0v) is 29.6. The van der Waals surface area contributed by atoms with Gasteiger partial charge in [0.25, 0.3) is 5.76 Å². The van der Waals surface area contributed by atoms with Gasteiger partial charge in [0.15, 0.2) is 17.4 Å². The van der Waals surface area contributed by atoms with Crippen LogP contribution in [0.4, 0.5) is 35.7 Å². The number of nitrogens with one attached hydrogen (secondary N) is 1. The van der Waals surface area contributed by atoms with E-state index in [1.54, 1.807) is 71.9 Å². The molecule has 1 saturated carbocycles. The quantitative estimate of drug-likeness (QED) is 0.187. The zero-order valence-electron chi connectivity index (χ0n) is 28.8. The maximum Gasteiger partial charge on any atom is 0.435 e. The van der Waals surface area contributed by atoms with Crippen LogP contribution in [0.3, 0.4) is 0 Å². The van der Waals surface area contributed by atoms with E-state index in [4.69, 9.17) is 18.9 Å². The lowest BCUT2D eigenvalue weighted by atomic mass is 9.91. The Morgan fingerprint density at radius 3 is 2.30 bits per heavy atom. The monoisotopic (exact) mass is 709 g/mol. The summed E-state index contributed by atoms with van der Waals surface area (Å²) in [5, 5.41) is 8.11. The minimum Gasteiger partial charge on any atom is -0.497 e. The van der Waals surface area contributed by atoms with Crippen molar-refractivity contribution in [3.63, 3.8) is 0 Å². The van der Waals surface area contributed by atoms with Crippen molar-refractivity contribution in [1.29, 1.82) is 0 Å². The minimum atomic E-state index is -2.64. The lowest BCUT2D eigenvalue weighted by Gasteiger charge is -2.24. The molecule has 12 nitrogen and oxygen atoms in total. The van der Waals surface area contributed by atoms with Gasteiger partial charge in [0.05, 0.1) is 30.8 Å². The van der Waals surface area contributed by atoms with Gasteiger partial charge < -0.3 is 24.3 Å². The Kier molecular flexibility index (Phi) is 8.69. The number of benzene rings is 2. The second-order valence-corrected chi connectivity index (χ2v) is 15.0. The number of ether oxygens (including phenoxy) is 4. The number of nitrogens with zero attached hydrogens (tertiary/aromatic N) is 4. The number of carbonyl (C=O) groups excluding carboxylic acids is 3. The highest BCUT2D eigenvalue weighted by atomic mass is 32.2. The van der Waals surface area contributed by atoms with E-state index in [0.717, 1.165) is 15.1 Å². The van der Waals surface area contributed by atoms with Crippen molar-refractivity contribution >= 4 is 58.1 Å². The largest absolute Gasteiger partial charge is 0.497 e. The molecule has 2 aromatic carbocycles. The topological polar surface area (TPSA) is 134 Å². The molecule has 2 aromatic heterocycles. The van der Waals surface area contributed by atoms with Gasteiger partial charge in [-0.2, -0.15) is 13.5 Å². The Hall–Kier alpha value is -4.92. The number of imide groups is 1. The second kappa shape index (κ2) is 12.4. The molecule has 0 radical (unpaired) electrons. The smallest absolute Gasteiger partial charge is 0.435 e. The van der Waals surface area contributed by atoms with Crippen LogP contribution in [0.25, 0.3) is 10.9 Å². The highest BCUT2D eigenvalue weighted by molar-refractivity contribution is 7.99. The van der Waals surface area contributed by atoms with Gasteiger partial charge in [-0.05, 0) is 95.5 Å². The van der Waals surface area contributed by atoms with E-state index in [-0.39, 0.29) is 28.2 Å². The van der Waals surface area contributed by atoms with Crippen molar-refractivity contribution < 1.29 is 42.1 Å². The van der Waals surface area contributed by atoms with E-state index in [9.17, 15) is 23.2 Å². The predicted molar refractivity (Wildman–Crippen MR) is 183 cm³/mol. The number of methoxy groups -OCH3 is 2. The van der Waals surface area contributed by atoms with Gasteiger partial charge in [0.1, 0.15) is 17.0 Å². The van der Waals surface area contributed by atoms with Crippen molar-refractivity contribution in [3.05, 3.63) is 59.8 Å². The van der Waals surface area contributed by atoms with Gasteiger partial charge in [-0.3, -0.25) is 4.79 Å². The zero-order chi connectivity index (χ0) is 36.3. The summed E-state index contributed by atoms with van der Waals surface area (Å²) in [6.45, 7) is 10.4. The molecule has 2 aliphatic rings. The third kappa shape index (κ3) is 6.41. The molecule has 264 valence electrons. The molecular formula is C35H37F2N5O7S. The number of rotatable bonds is 7. The van der Waals surface area contributed by atoms with Crippen LogP contribution in [0.2, 0.25) is 0 Å².